The number of hydrogen-bond donors (Lipinski definition) is 0. The molecule has 128 valence electrons. The molecule has 1 aliphatic heterocycles. The smallest absolute Gasteiger partial charge is 0.410 e. The highest BCUT2D eigenvalue weighted by Gasteiger charge is 2.38. The summed E-state index contributed by atoms with van der Waals surface area (Å²) in [6.07, 6.45) is 0.466. The molecular formula is C18H27NO4. The molecular weight excluding hydrogens is 294 g/mol. The minimum absolute atomic E-state index is 0.00266. The van der Waals surface area contributed by atoms with Crippen LogP contribution in [0.1, 0.15) is 32.8 Å². The highest BCUT2D eigenvalue weighted by molar-refractivity contribution is 5.69. The molecule has 0 N–H and O–H groups in total. The van der Waals surface area contributed by atoms with Gasteiger partial charge in [-0.05, 0) is 32.8 Å². The van der Waals surface area contributed by atoms with E-state index in [1.54, 1.807) is 12.0 Å². The van der Waals surface area contributed by atoms with Gasteiger partial charge in [-0.3, -0.25) is 0 Å². The first-order chi connectivity index (χ1) is 10.9. The summed E-state index contributed by atoms with van der Waals surface area (Å²) in [5, 5.41) is 0. The second kappa shape index (κ2) is 7.79. The van der Waals surface area contributed by atoms with Crippen LogP contribution in [0.25, 0.3) is 0 Å². The molecule has 1 amide bonds. The van der Waals surface area contributed by atoms with Crippen molar-refractivity contribution in [2.24, 2.45) is 0 Å². The van der Waals surface area contributed by atoms with Crippen molar-refractivity contribution in [3.05, 3.63) is 35.9 Å². The Morgan fingerprint density at radius 1 is 1.26 bits per heavy atom. The zero-order valence-corrected chi connectivity index (χ0v) is 14.5. The summed E-state index contributed by atoms with van der Waals surface area (Å²) in [5.41, 5.74) is 0.629. The Morgan fingerprint density at radius 3 is 2.57 bits per heavy atom. The third-order valence-electron chi connectivity index (χ3n) is 3.69. The molecule has 2 atom stereocenters. The van der Waals surface area contributed by atoms with Crippen LogP contribution in [0.15, 0.2) is 30.3 Å². The van der Waals surface area contributed by atoms with Gasteiger partial charge < -0.3 is 19.1 Å². The molecule has 5 nitrogen and oxygen atoms in total. The van der Waals surface area contributed by atoms with E-state index in [2.05, 4.69) is 0 Å². The molecule has 0 aromatic heterocycles. The zero-order valence-electron chi connectivity index (χ0n) is 14.5. The highest BCUT2D eigenvalue weighted by atomic mass is 16.6. The minimum atomic E-state index is -0.502. The van der Waals surface area contributed by atoms with Gasteiger partial charge in [-0.1, -0.05) is 30.3 Å². The maximum Gasteiger partial charge on any atom is 0.410 e. The van der Waals surface area contributed by atoms with Gasteiger partial charge in [0.1, 0.15) is 5.60 Å². The van der Waals surface area contributed by atoms with E-state index >= 15 is 0 Å². The van der Waals surface area contributed by atoms with E-state index in [9.17, 15) is 4.79 Å². The van der Waals surface area contributed by atoms with Gasteiger partial charge >= 0.3 is 6.09 Å². The van der Waals surface area contributed by atoms with E-state index in [1.165, 1.54) is 0 Å². The van der Waals surface area contributed by atoms with Gasteiger partial charge in [0.2, 0.25) is 0 Å². The van der Waals surface area contributed by atoms with Crippen LogP contribution in [0.4, 0.5) is 4.79 Å². The molecule has 0 saturated carbocycles. The van der Waals surface area contributed by atoms with Crippen LogP contribution in [-0.4, -0.2) is 49.0 Å². The lowest BCUT2D eigenvalue weighted by Crippen LogP contribution is -2.41. The van der Waals surface area contributed by atoms with Gasteiger partial charge in [0, 0.05) is 7.11 Å². The van der Waals surface area contributed by atoms with Crippen molar-refractivity contribution in [1.29, 1.82) is 0 Å². The first kappa shape index (κ1) is 17.8. The number of likely N-dealkylation sites (tertiary alicyclic amines) is 1. The molecule has 1 aliphatic rings. The first-order valence-electron chi connectivity index (χ1n) is 8.03. The van der Waals surface area contributed by atoms with Crippen molar-refractivity contribution in [3.8, 4) is 0 Å². The number of hydrogen-bond acceptors (Lipinski definition) is 4. The van der Waals surface area contributed by atoms with Crippen molar-refractivity contribution >= 4 is 6.09 Å². The predicted molar refractivity (Wildman–Crippen MR) is 88.2 cm³/mol. The first-order valence-corrected chi connectivity index (χ1v) is 8.03. The maximum atomic E-state index is 12.4. The van der Waals surface area contributed by atoms with Crippen molar-refractivity contribution in [1.82, 2.24) is 4.90 Å². The molecule has 5 heteroatoms. The third-order valence-corrected chi connectivity index (χ3v) is 3.69. The second-order valence-electron chi connectivity index (χ2n) is 6.90. The van der Waals surface area contributed by atoms with Gasteiger partial charge in [-0.2, -0.15) is 0 Å². The number of rotatable bonds is 5. The lowest BCUT2D eigenvalue weighted by molar-refractivity contribution is 0.0103. The molecule has 0 radical (unpaired) electrons. The quantitative estimate of drug-likeness (QED) is 0.835. The van der Waals surface area contributed by atoms with Crippen LogP contribution >= 0.6 is 0 Å². The second-order valence-corrected chi connectivity index (χ2v) is 6.90. The summed E-state index contributed by atoms with van der Waals surface area (Å²) in [7, 11) is 1.64. The number of ether oxygens (including phenoxy) is 3. The van der Waals surface area contributed by atoms with Gasteiger partial charge in [-0.15, -0.1) is 0 Å². The van der Waals surface area contributed by atoms with Gasteiger partial charge in [0.25, 0.3) is 0 Å². The number of nitrogens with zero attached hydrogens (tertiary/aromatic N) is 1. The number of carbonyl (C=O) groups is 1. The van der Waals surface area contributed by atoms with Gasteiger partial charge in [-0.25, -0.2) is 4.79 Å². The fraction of sp³-hybridized carbons (Fsp3) is 0.611. The van der Waals surface area contributed by atoms with E-state index in [0.29, 0.717) is 19.8 Å². The molecule has 1 heterocycles. The summed E-state index contributed by atoms with van der Waals surface area (Å²) in [6.45, 7) is 7.19. The molecule has 1 aromatic carbocycles. The number of methoxy groups -OCH3 is 1. The normalized spacial score (nSPS) is 21.5. The van der Waals surface area contributed by atoms with Crippen LogP contribution in [-0.2, 0) is 20.8 Å². The lowest BCUT2D eigenvalue weighted by atomic mass is 10.2. The molecule has 1 saturated heterocycles. The molecule has 1 fully saturated rings. The Bertz CT molecular complexity index is 497. The van der Waals surface area contributed by atoms with Crippen LogP contribution in [0.3, 0.4) is 0 Å². The van der Waals surface area contributed by atoms with E-state index < -0.39 is 5.60 Å². The molecule has 1 aromatic rings. The molecule has 0 aliphatic carbocycles. The van der Waals surface area contributed by atoms with Gasteiger partial charge in [0.15, 0.2) is 0 Å². The van der Waals surface area contributed by atoms with E-state index in [-0.39, 0.29) is 18.2 Å². The summed E-state index contributed by atoms with van der Waals surface area (Å²) >= 11 is 0. The number of benzene rings is 1. The fourth-order valence-electron chi connectivity index (χ4n) is 2.68. The van der Waals surface area contributed by atoms with Crippen LogP contribution < -0.4 is 0 Å². The largest absolute Gasteiger partial charge is 0.444 e. The summed E-state index contributed by atoms with van der Waals surface area (Å²) in [4.78, 5) is 14.1. The molecule has 0 unspecified atom stereocenters. The fourth-order valence-corrected chi connectivity index (χ4v) is 2.68. The van der Waals surface area contributed by atoms with Crippen molar-refractivity contribution < 1.29 is 19.0 Å². The minimum Gasteiger partial charge on any atom is -0.444 e. The van der Waals surface area contributed by atoms with Gasteiger partial charge in [0.05, 0.1) is 31.9 Å². The summed E-state index contributed by atoms with van der Waals surface area (Å²) in [6, 6.07) is 10.0. The van der Waals surface area contributed by atoms with Crippen LogP contribution in [0.2, 0.25) is 0 Å². The predicted octanol–water partition coefficient (Wildman–Crippen LogP) is 3.23. The van der Waals surface area contributed by atoms with E-state index in [4.69, 9.17) is 14.2 Å². The number of amides is 1. The summed E-state index contributed by atoms with van der Waals surface area (Å²) in [5.74, 6) is 0. The maximum absolute atomic E-state index is 12.4. The monoisotopic (exact) mass is 321 g/mol. The molecule has 0 spiro atoms. The topological polar surface area (TPSA) is 48.0 Å². The van der Waals surface area contributed by atoms with Crippen molar-refractivity contribution in [2.75, 3.05) is 20.3 Å². The van der Waals surface area contributed by atoms with Crippen LogP contribution in [0, 0.1) is 0 Å². The Labute approximate surface area is 138 Å². The highest BCUT2D eigenvalue weighted by Crippen LogP contribution is 2.24. The molecule has 2 rings (SSSR count). The number of carbonyl (C=O) groups excluding carboxylic acids is 1. The molecule has 0 bridgehead atoms. The standard InChI is InChI=1S/C18H27NO4/c1-18(2,3)23-17(20)19-11-16(10-15(19)13-21-4)22-12-14-8-6-5-7-9-14/h5-9,15-16H,10-13H2,1-4H3/t15-,16-/m1/s1. The Hall–Kier alpha value is -1.59. The van der Waals surface area contributed by atoms with Crippen molar-refractivity contribution in [2.45, 2.75) is 51.5 Å². The average molecular weight is 321 g/mol. The average Bonchev–Trinajstić information content (AvgIpc) is 2.88. The van der Waals surface area contributed by atoms with E-state index in [1.807, 2.05) is 51.1 Å². The van der Waals surface area contributed by atoms with Crippen molar-refractivity contribution in [3.63, 3.8) is 0 Å². The van der Waals surface area contributed by atoms with E-state index in [0.717, 1.165) is 12.0 Å². The lowest BCUT2D eigenvalue weighted by Gasteiger charge is -2.28. The summed E-state index contributed by atoms with van der Waals surface area (Å²) < 4.78 is 16.7. The van der Waals surface area contributed by atoms with Crippen LogP contribution in [0.5, 0.6) is 0 Å². The SMILES string of the molecule is COC[C@H]1C[C@@H](OCc2ccccc2)CN1C(=O)OC(C)(C)C. The molecule has 23 heavy (non-hydrogen) atoms. The Morgan fingerprint density at radius 2 is 1.96 bits per heavy atom. The Balaban J connectivity index is 1.93. The zero-order chi connectivity index (χ0) is 16.9. The third kappa shape index (κ3) is 5.52. The Kier molecular flexibility index (Phi) is 6.02.